The number of aliphatic hydroxyl groups is 1. The largest absolute Gasteiger partial charge is 0.393 e. The molecule has 1 aliphatic carbocycles. The second-order valence-electron chi connectivity index (χ2n) is 6.25. The summed E-state index contributed by atoms with van der Waals surface area (Å²) in [6.45, 7) is 5.52. The molecule has 3 heteroatoms. The first kappa shape index (κ1) is 15.0. The topological polar surface area (TPSA) is 32.3 Å². The first-order valence-corrected chi connectivity index (χ1v) is 7.95. The van der Waals surface area contributed by atoms with Crippen LogP contribution in [0.1, 0.15) is 45.1 Å². The van der Waals surface area contributed by atoms with Gasteiger partial charge in [-0.2, -0.15) is 0 Å². The van der Waals surface area contributed by atoms with Crippen molar-refractivity contribution in [3.63, 3.8) is 0 Å². The Hall–Kier alpha value is -0.380. The minimum Gasteiger partial charge on any atom is -0.393 e. The third kappa shape index (κ3) is 4.04. The lowest BCUT2D eigenvalue weighted by Gasteiger charge is -2.32. The smallest absolute Gasteiger partial charge is 0.0541 e. The molecule has 1 aromatic carbocycles. The summed E-state index contributed by atoms with van der Waals surface area (Å²) >= 11 is 3.65. The van der Waals surface area contributed by atoms with E-state index < -0.39 is 0 Å². The number of rotatable bonds is 4. The van der Waals surface area contributed by atoms with E-state index >= 15 is 0 Å². The van der Waals surface area contributed by atoms with Crippen LogP contribution in [0.2, 0.25) is 0 Å². The van der Waals surface area contributed by atoms with Crippen molar-refractivity contribution < 1.29 is 5.11 Å². The quantitative estimate of drug-likeness (QED) is 0.886. The number of aliphatic hydroxyl groups excluding tert-OH is 1. The van der Waals surface area contributed by atoms with E-state index in [1.807, 2.05) is 0 Å². The fourth-order valence-electron chi connectivity index (χ4n) is 2.78. The maximum absolute atomic E-state index is 9.54. The zero-order chi connectivity index (χ0) is 13.9. The third-order valence-corrected chi connectivity index (χ3v) is 4.82. The highest BCUT2D eigenvalue weighted by molar-refractivity contribution is 9.10. The molecule has 1 aliphatic rings. The minimum absolute atomic E-state index is 0.0747. The molecule has 0 amide bonds. The number of benzene rings is 1. The van der Waals surface area contributed by atoms with Crippen LogP contribution in [0.3, 0.4) is 0 Å². The second kappa shape index (κ2) is 6.38. The third-order valence-electron chi connectivity index (χ3n) is 4.13. The molecule has 0 radical (unpaired) electrons. The molecule has 0 heterocycles. The van der Waals surface area contributed by atoms with Crippen LogP contribution in [0.25, 0.3) is 0 Å². The molecule has 106 valence electrons. The van der Waals surface area contributed by atoms with Crippen molar-refractivity contribution in [2.24, 2.45) is 0 Å². The summed E-state index contributed by atoms with van der Waals surface area (Å²) in [5.41, 5.74) is 1.45. The molecule has 2 rings (SSSR count). The Bertz CT molecular complexity index is 411. The lowest BCUT2D eigenvalue weighted by atomic mass is 9.83. The Labute approximate surface area is 124 Å². The lowest BCUT2D eigenvalue weighted by Crippen LogP contribution is -2.41. The van der Waals surface area contributed by atoms with Gasteiger partial charge in [-0.25, -0.2) is 0 Å². The van der Waals surface area contributed by atoms with Gasteiger partial charge in [-0.05, 0) is 37.3 Å². The number of nitrogens with one attached hydrogen (secondary N) is 1. The highest BCUT2D eigenvalue weighted by Crippen LogP contribution is 2.30. The molecule has 0 atom stereocenters. The normalized spacial score (nSPS) is 24.4. The molecule has 0 aromatic heterocycles. The van der Waals surface area contributed by atoms with Crippen molar-refractivity contribution >= 4 is 15.9 Å². The molecule has 0 spiro atoms. The van der Waals surface area contributed by atoms with E-state index in [2.05, 4.69) is 59.4 Å². The molecular formula is C16H24BrNO. The fraction of sp³-hybridized carbons (Fsp3) is 0.625. The molecule has 0 saturated heterocycles. The van der Waals surface area contributed by atoms with Gasteiger partial charge in [-0.1, -0.05) is 48.0 Å². The van der Waals surface area contributed by atoms with Gasteiger partial charge in [0.15, 0.2) is 0 Å². The predicted molar refractivity (Wildman–Crippen MR) is 83.4 cm³/mol. The molecule has 0 unspecified atom stereocenters. The summed E-state index contributed by atoms with van der Waals surface area (Å²) in [6, 6.07) is 9.01. The Morgan fingerprint density at radius 2 is 1.84 bits per heavy atom. The van der Waals surface area contributed by atoms with Crippen LogP contribution in [0, 0.1) is 0 Å². The summed E-state index contributed by atoms with van der Waals surface area (Å²) in [6.07, 6.45) is 3.98. The van der Waals surface area contributed by atoms with Gasteiger partial charge < -0.3 is 10.4 Å². The van der Waals surface area contributed by atoms with Gasteiger partial charge in [0.25, 0.3) is 0 Å². The molecule has 2 nitrogen and oxygen atoms in total. The summed E-state index contributed by atoms with van der Waals surface area (Å²) in [5.74, 6) is 0. The molecule has 1 saturated carbocycles. The van der Waals surface area contributed by atoms with E-state index in [1.54, 1.807) is 0 Å². The van der Waals surface area contributed by atoms with Gasteiger partial charge in [-0.3, -0.25) is 0 Å². The van der Waals surface area contributed by atoms with E-state index in [4.69, 9.17) is 0 Å². The van der Waals surface area contributed by atoms with E-state index in [0.29, 0.717) is 6.04 Å². The highest BCUT2D eigenvalue weighted by Gasteiger charge is 2.25. The Morgan fingerprint density at radius 3 is 2.47 bits per heavy atom. The maximum atomic E-state index is 9.54. The second-order valence-corrected chi connectivity index (χ2v) is 7.10. The van der Waals surface area contributed by atoms with Crippen molar-refractivity contribution in [1.29, 1.82) is 0 Å². The Balaban J connectivity index is 1.93. The summed E-state index contributed by atoms with van der Waals surface area (Å²) in [5, 5.41) is 13.2. The van der Waals surface area contributed by atoms with Gasteiger partial charge in [0, 0.05) is 22.5 Å². The zero-order valence-corrected chi connectivity index (χ0v) is 13.4. The Morgan fingerprint density at radius 1 is 1.21 bits per heavy atom. The molecule has 2 N–H and O–H groups in total. The van der Waals surface area contributed by atoms with Crippen molar-refractivity contribution in [2.45, 2.75) is 57.1 Å². The molecule has 19 heavy (non-hydrogen) atoms. The van der Waals surface area contributed by atoms with E-state index in [0.717, 1.165) is 32.2 Å². The van der Waals surface area contributed by atoms with Gasteiger partial charge in [0.1, 0.15) is 0 Å². The van der Waals surface area contributed by atoms with Crippen LogP contribution in [0.4, 0.5) is 0 Å². The molecule has 1 aromatic rings. The van der Waals surface area contributed by atoms with Gasteiger partial charge in [0.05, 0.1) is 6.10 Å². The first-order valence-electron chi connectivity index (χ1n) is 7.15. The van der Waals surface area contributed by atoms with Crippen LogP contribution in [-0.4, -0.2) is 23.8 Å². The van der Waals surface area contributed by atoms with Crippen molar-refractivity contribution in [3.8, 4) is 0 Å². The summed E-state index contributed by atoms with van der Waals surface area (Å²) in [7, 11) is 0. The number of halogens is 1. The summed E-state index contributed by atoms with van der Waals surface area (Å²) in [4.78, 5) is 0. The van der Waals surface area contributed by atoms with E-state index in [1.165, 1.54) is 10.0 Å². The van der Waals surface area contributed by atoms with Crippen LogP contribution in [0.5, 0.6) is 0 Å². The average Bonchev–Trinajstić information content (AvgIpc) is 2.38. The zero-order valence-electron chi connectivity index (χ0n) is 11.8. The van der Waals surface area contributed by atoms with Crippen LogP contribution in [-0.2, 0) is 5.41 Å². The average molecular weight is 326 g/mol. The van der Waals surface area contributed by atoms with Gasteiger partial charge >= 0.3 is 0 Å². The van der Waals surface area contributed by atoms with Crippen molar-refractivity contribution in [3.05, 3.63) is 34.3 Å². The number of hydrogen-bond donors (Lipinski definition) is 2. The van der Waals surface area contributed by atoms with Gasteiger partial charge in [0.2, 0.25) is 0 Å². The number of hydrogen-bond acceptors (Lipinski definition) is 2. The van der Waals surface area contributed by atoms with Gasteiger partial charge in [-0.15, -0.1) is 0 Å². The molecule has 1 fully saturated rings. The van der Waals surface area contributed by atoms with E-state index in [9.17, 15) is 5.11 Å². The molecular weight excluding hydrogens is 302 g/mol. The molecule has 0 aliphatic heterocycles. The highest BCUT2D eigenvalue weighted by atomic mass is 79.9. The fourth-order valence-corrected chi connectivity index (χ4v) is 3.61. The Kier molecular flexibility index (Phi) is 5.04. The lowest BCUT2D eigenvalue weighted by molar-refractivity contribution is 0.115. The maximum Gasteiger partial charge on any atom is 0.0541 e. The monoisotopic (exact) mass is 325 g/mol. The van der Waals surface area contributed by atoms with Crippen LogP contribution >= 0.6 is 15.9 Å². The predicted octanol–water partition coefficient (Wildman–Crippen LogP) is 3.62. The van der Waals surface area contributed by atoms with Crippen LogP contribution < -0.4 is 5.32 Å². The minimum atomic E-state index is -0.0747. The first-order chi connectivity index (χ1) is 8.99. The molecule has 0 bridgehead atoms. The van der Waals surface area contributed by atoms with Crippen LogP contribution in [0.15, 0.2) is 28.7 Å². The van der Waals surface area contributed by atoms with E-state index in [-0.39, 0.29) is 11.5 Å². The van der Waals surface area contributed by atoms with Crippen molar-refractivity contribution in [2.75, 3.05) is 6.54 Å². The SMILES string of the molecule is CC(C)(CNC1CCC(O)CC1)c1ccccc1Br. The summed E-state index contributed by atoms with van der Waals surface area (Å²) < 4.78 is 1.18. The van der Waals surface area contributed by atoms with Crippen molar-refractivity contribution in [1.82, 2.24) is 5.32 Å². The standard InChI is InChI=1S/C16H24BrNO/c1-16(2,14-5-3-4-6-15(14)17)11-18-12-7-9-13(19)10-8-12/h3-6,12-13,18-19H,7-11H2,1-2H3.